The average molecular weight is 181 g/mol. The van der Waals surface area contributed by atoms with Gasteiger partial charge in [-0.15, -0.1) is 0 Å². The smallest absolute Gasteiger partial charge is 0.0429 e. The van der Waals surface area contributed by atoms with Crippen molar-refractivity contribution in [1.29, 1.82) is 0 Å². The third kappa shape index (κ3) is 2.26. The van der Waals surface area contributed by atoms with Crippen molar-refractivity contribution >= 4 is 12.6 Å². The van der Waals surface area contributed by atoms with Gasteiger partial charge in [-0.25, -0.2) is 0 Å². The fourth-order valence-corrected chi connectivity index (χ4v) is 1.78. The number of thiol groups is 1. The summed E-state index contributed by atoms with van der Waals surface area (Å²) in [7, 11) is 4.15. The highest BCUT2D eigenvalue weighted by molar-refractivity contribution is 7.80. The third-order valence-electron chi connectivity index (χ3n) is 1.98. The Morgan fingerprint density at radius 2 is 1.83 bits per heavy atom. The molecule has 0 bridgehead atoms. The largest absolute Gasteiger partial charge is 0.302 e. The molecule has 1 aromatic rings. The van der Waals surface area contributed by atoms with Crippen LogP contribution in [0.5, 0.6) is 0 Å². The van der Waals surface area contributed by atoms with Crippen LogP contribution in [0.25, 0.3) is 0 Å². The molecule has 1 nitrogen and oxygen atoms in total. The minimum atomic E-state index is 0.425. The second-order valence-electron chi connectivity index (χ2n) is 3.07. The average Bonchev–Trinajstić information content (AvgIpc) is 2.07. The summed E-state index contributed by atoms with van der Waals surface area (Å²) in [6, 6.07) is 10.9. The zero-order valence-electron chi connectivity index (χ0n) is 7.57. The zero-order chi connectivity index (χ0) is 8.97. The number of hydrogen-bond acceptors (Lipinski definition) is 2. The summed E-state index contributed by atoms with van der Waals surface area (Å²) in [5.74, 6) is 0.858. The van der Waals surface area contributed by atoms with Gasteiger partial charge in [0.05, 0.1) is 0 Å². The Balaban J connectivity index is 2.80. The molecule has 0 saturated heterocycles. The van der Waals surface area contributed by atoms with Crippen LogP contribution >= 0.6 is 12.6 Å². The van der Waals surface area contributed by atoms with Crippen LogP contribution in [0.1, 0.15) is 11.6 Å². The molecule has 1 atom stereocenters. The molecule has 0 spiro atoms. The molecule has 12 heavy (non-hydrogen) atoms. The molecule has 1 rings (SSSR count). The minimum Gasteiger partial charge on any atom is -0.302 e. The van der Waals surface area contributed by atoms with Crippen LogP contribution in [-0.4, -0.2) is 24.7 Å². The lowest BCUT2D eigenvalue weighted by molar-refractivity contribution is 0.326. The molecular formula is C10H15NS. The van der Waals surface area contributed by atoms with Crippen LogP contribution in [0.4, 0.5) is 0 Å². The molecule has 0 amide bonds. The summed E-state index contributed by atoms with van der Waals surface area (Å²) in [5.41, 5.74) is 1.33. The lowest BCUT2D eigenvalue weighted by Crippen LogP contribution is -2.21. The van der Waals surface area contributed by atoms with E-state index in [9.17, 15) is 0 Å². The van der Waals surface area contributed by atoms with Gasteiger partial charge >= 0.3 is 0 Å². The molecule has 0 aromatic heterocycles. The lowest BCUT2D eigenvalue weighted by Gasteiger charge is -2.22. The van der Waals surface area contributed by atoms with E-state index >= 15 is 0 Å². The predicted molar refractivity (Wildman–Crippen MR) is 56.7 cm³/mol. The molecule has 0 saturated carbocycles. The summed E-state index contributed by atoms with van der Waals surface area (Å²) in [4.78, 5) is 2.18. The molecule has 0 heterocycles. The minimum absolute atomic E-state index is 0.425. The number of nitrogens with zero attached hydrogens (tertiary/aromatic N) is 1. The maximum atomic E-state index is 4.32. The normalized spacial score (nSPS) is 13.3. The summed E-state index contributed by atoms with van der Waals surface area (Å²) in [6.07, 6.45) is 0. The van der Waals surface area contributed by atoms with Crippen molar-refractivity contribution in [3.63, 3.8) is 0 Å². The molecule has 0 radical (unpaired) electrons. The lowest BCUT2D eigenvalue weighted by atomic mass is 10.1. The van der Waals surface area contributed by atoms with Gasteiger partial charge in [-0.05, 0) is 19.7 Å². The van der Waals surface area contributed by atoms with Crippen molar-refractivity contribution < 1.29 is 0 Å². The number of hydrogen-bond donors (Lipinski definition) is 1. The SMILES string of the molecule is CN(C)C(CS)c1ccccc1. The first-order valence-corrected chi connectivity index (χ1v) is 4.71. The summed E-state index contributed by atoms with van der Waals surface area (Å²) in [5, 5.41) is 0. The Kier molecular flexibility index (Phi) is 3.63. The van der Waals surface area contributed by atoms with Crippen molar-refractivity contribution in [1.82, 2.24) is 4.90 Å². The van der Waals surface area contributed by atoms with Gasteiger partial charge in [-0.3, -0.25) is 0 Å². The highest BCUT2D eigenvalue weighted by Gasteiger charge is 2.10. The van der Waals surface area contributed by atoms with Crippen LogP contribution in [0.3, 0.4) is 0 Å². The first kappa shape index (κ1) is 9.62. The Morgan fingerprint density at radius 1 is 1.25 bits per heavy atom. The fourth-order valence-electron chi connectivity index (χ4n) is 1.24. The predicted octanol–water partition coefficient (Wildman–Crippen LogP) is 2.22. The van der Waals surface area contributed by atoms with Gasteiger partial charge < -0.3 is 4.90 Å². The van der Waals surface area contributed by atoms with E-state index in [1.54, 1.807) is 0 Å². The van der Waals surface area contributed by atoms with E-state index in [1.165, 1.54) is 5.56 Å². The molecular weight excluding hydrogens is 166 g/mol. The van der Waals surface area contributed by atoms with Crippen LogP contribution in [-0.2, 0) is 0 Å². The molecule has 0 aliphatic rings. The van der Waals surface area contributed by atoms with Crippen molar-refractivity contribution in [2.75, 3.05) is 19.8 Å². The standard InChI is InChI=1S/C10H15NS/c1-11(2)10(8-12)9-6-4-3-5-7-9/h3-7,10,12H,8H2,1-2H3. The van der Waals surface area contributed by atoms with Gasteiger partial charge in [0.2, 0.25) is 0 Å². The molecule has 66 valence electrons. The highest BCUT2D eigenvalue weighted by atomic mass is 32.1. The molecule has 0 fully saturated rings. The number of benzene rings is 1. The van der Waals surface area contributed by atoms with Crippen LogP contribution in [0.15, 0.2) is 30.3 Å². The van der Waals surface area contributed by atoms with Crippen molar-refractivity contribution in [3.8, 4) is 0 Å². The summed E-state index contributed by atoms with van der Waals surface area (Å²) < 4.78 is 0. The zero-order valence-corrected chi connectivity index (χ0v) is 8.46. The van der Waals surface area contributed by atoms with E-state index in [4.69, 9.17) is 0 Å². The van der Waals surface area contributed by atoms with Gasteiger partial charge in [-0.2, -0.15) is 12.6 Å². The van der Waals surface area contributed by atoms with E-state index in [-0.39, 0.29) is 0 Å². The Hall–Kier alpha value is -0.470. The topological polar surface area (TPSA) is 3.24 Å². The second-order valence-corrected chi connectivity index (χ2v) is 3.44. The summed E-state index contributed by atoms with van der Waals surface area (Å²) >= 11 is 4.32. The second kappa shape index (κ2) is 4.53. The Bertz CT molecular complexity index is 221. The van der Waals surface area contributed by atoms with Crippen molar-refractivity contribution in [2.24, 2.45) is 0 Å². The molecule has 0 N–H and O–H groups in total. The van der Waals surface area contributed by atoms with Crippen LogP contribution in [0.2, 0.25) is 0 Å². The van der Waals surface area contributed by atoms with Gasteiger partial charge in [0.1, 0.15) is 0 Å². The maximum absolute atomic E-state index is 4.32. The first-order chi connectivity index (χ1) is 5.75. The number of rotatable bonds is 3. The van der Waals surface area contributed by atoms with E-state index in [0.717, 1.165) is 5.75 Å². The first-order valence-electron chi connectivity index (χ1n) is 4.08. The van der Waals surface area contributed by atoms with Gasteiger partial charge in [-0.1, -0.05) is 30.3 Å². The third-order valence-corrected chi connectivity index (χ3v) is 2.33. The van der Waals surface area contributed by atoms with Crippen LogP contribution in [0, 0.1) is 0 Å². The maximum Gasteiger partial charge on any atom is 0.0429 e. The molecule has 1 unspecified atom stereocenters. The molecule has 2 heteroatoms. The molecule has 0 aliphatic heterocycles. The highest BCUT2D eigenvalue weighted by Crippen LogP contribution is 2.18. The molecule has 1 aromatic carbocycles. The van der Waals surface area contributed by atoms with Gasteiger partial charge in [0.15, 0.2) is 0 Å². The molecule has 0 aliphatic carbocycles. The fraction of sp³-hybridized carbons (Fsp3) is 0.400. The van der Waals surface area contributed by atoms with E-state index in [0.29, 0.717) is 6.04 Å². The quantitative estimate of drug-likeness (QED) is 0.700. The Labute approximate surface area is 79.8 Å². The van der Waals surface area contributed by atoms with Crippen molar-refractivity contribution in [2.45, 2.75) is 6.04 Å². The van der Waals surface area contributed by atoms with Gasteiger partial charge in [0, 0.05) is 11.8 Å². The summed E-state index contributed by atoms with van der Waals surface area (Å²) in [6.45, 7) is 0. The van der Waals surface area contributed by atoms with Crippen LogP contribution < -0.4 is 0 Å². The Morgan fingerprint density at radius 3 is 2.25 bits per heavy atom. The van der Waals surface area contributed by atoms with E-state index in [2.05, 4.69) is 55.9 Å². The monoisotopic (exact) mass is 181 g/mol. The van der Waals surface area contributed by atoms with E-state index in [1.807, 2.05) is 6.07 Å². The van der Waals surface area contributed by atoms with E-state index < -0.39 is 0 Å². The van der Waals surface area contributed by atoms with Gasteiger partial charge in [0.25, 0.3) is 0 Å². The van der Waals surface area contributed by atoms with Crippen molar-refractivity contribution in [3.05, 3.63) is 35.9 Å².